The van der Waals surface area contributed by atoms with Gasteiger partial charge < -0.3 is 10.4 Å². The predicted octanol–water partition coefficient (Wildman–Crippen LogP) is 3.86. The van der Waals surface area contributed by atoms with Gasteiger partial charge in [0.15, 0.2) is 0 Å². The molecule has 0 aromatic heterocycles. The van der Waals surface area contributed by atoms with E-state index in [1.54, 1.807) is 24.3 Å². The van der Waals surface area contributed by atoms with Crippen molar-refractivity contribution >= 4 is 11.6 Å². The van der Waals surface area contributed by atoms with E-state index in [0.717, 1.165) is 5.56 Å². The average Bonchev–Trinajstić information content (AvgIpc) is 2.45. The molecule has 1 unspecified atom stereocenters. The number of rotatable bonds is 5. The Labute approximate surface area is 123 Å². The van der Waals surface area contributed by atoms with Gasteiger partial charge in [-0.05, 0) is 30.7 Å². The molecule has 0 heterocycles. The van der Waals surface area contributed by atoms with Gasteiger partial charge in [0, 0.05) is 23.2 Å². The SMILES string of the molecule is C[C@H](NCC(O)c1ccccc1Cl)c1ccc(F)cc1. The maximum Gasteiger partial charge on any atom is 0.123 e. The molecule has 0 aliphatic carbocycles. The highest BCUT2D eigenvalue weighted by Crippen LogP contribution is 2.22. The van der Waals surface area contributed by atoms with Crippen molar-refractivity contribution < 1.29 is 9.50 Å². The fourth-order valence-corrected chi connectivity index (χ4v) is 2.27. The molecular weight excluding hydrogens is 277 g/mol. The van der Waals surface area contributed by atoms with E-state index in [2.05, 4.69) is 5.32 Å². The summed E-state index contributed by atoms with van der Waals surface area (Å²) in [5.41, 5.74) is 1.67. The Morgan fingerprint density at radius 3 is 2.45 bits per heavy atom. The number of halogens is 2. The maximum absolute atomic E-state index is 12.9. The van der Waals surface area contributed by atoms with Crippen molar-refractivity contribution in [1.29, 1.82) is 0 Å². The highest BCUT2D eigenvalue weighted by atomic mass is 35.5. The van der Waals surface area contributed by atoms with Crippen LogP contribution in [0.15, 0.2) is 48.5 Å². The van der Waals surface area contributed by atoms with Crippen molar-refractivity contribution in [3.05, 3.63) is 70.5 Å². The molecule has 0 bridgehead atoms. The van der Waals surface area contributed by atoms with Crippen LogP contribution in [-0.2, 0) is 0 Å². The molecule has 0 aliphatic rings. The van der Waals surface area contributed by atoms with E-state index in [1.165, 1.54) is 12.1 Å². The second kappa shape index (κ2) is 6.84. The minimum atomic E-state index is -0.674. The third kappa shape index (κ3) is 3.79. The molecule has 2 nitrogen and oxygen atoms in total. The molecule has 2 aromatic rings. The van der Waals surface area contributed by atoms with Crippen LogP contribution in [0.2, 0.25) is 5.02 Å². The first-order valence-electron chi connectivity index (χ1n) is 6.49. The van der Waals surface area contributed by atoms with Crippen molar-refractivity contribution in [1.82, 2.24) is 5.32 Å². The first-order chi connectivity index (χ1) is 9.58. The highest BCUT2D eigenvalue weighted by molar-refractivity contribution is 6.31. The van der Waals surface area contributed by atoms with Crippen LogP contribution in [0.25, 0.3) is 0 Å². The summed E-state index contributed by atoms with van der Waals surface area (Å²) in [7, 11) is 0. The zero-order valence-electron chi connectivity index (χ0n) is 11.2. The first kappa shape index (κ1) is 15.0. The van der Waals surface area contributed by atoms with Gasteiger partial charge >= 0.3 is 0 Å². The van der Waals surface area contributed by atoms with Crippen LogP contribution in [0.5, 0.6) is 0 Å². The van der Waals surface area contributed by atoms with Gasteiger partial charge in [-0.3, -0.25) is 0 Å². The van der Waals surface area contributed by atoms with E-state index >= 15 is 0 Å². The molecule has 20 heavy (non-hydrogen) atoms. The summed E-state index contributed by atoms with van der Waals surface area (Å²) in [4.78, 5) is 0. The van der Waals surface area contributed by atoms with E-state index in [0.29, 0.717) is 17.1 Å². The lowest BCUT2D eigenvalue weighted by molar-refractivity contribution is 0.171. The number of nitrogens with one attached hydrogen (secondary N) is 1. The Balaban J connectivity index is 1.95. The quantitative estimate of drug-likeness (QED) is 0.877. The Bertz CT molecular complexity index is 559. The van der Waals surface area contributed by atoms with Crippen molar-refractivity contribution in [3.63, 3.8) is 0 Å². The molecule has 0 spiro atoms. The fraction of sp³-hybridized carbons (Fsp3) is 0.250. The molecule has 2 atom stereocenters. The monoisotopic (exact) mass is 293 g/mol. The van der Waals surface area contributed by atoms with Crippen LogP contribution in [-0.4, -0.2) is 11.7 Å². The van der Waals surface area contributed by atoms with Gasteiger partial charge in [-0.2, -0.15) is 0 Å². The fourth-order valence-electron chi connectivity index (χ4n) is 2.01. The number of hydrogen-bond acceptors (Lipinski definition) is 2. The summed E-state index contributed by atoms with van der Waals surface area (Å²) in [5, 5.41) is 13.9. The molecule has 2 rings (SSSR count). The van der Waals surface area contributed by atoms with Crippen LogP contribution in [0.4, 0.5) is 4.39 Å². The van der Waals surface area contributed by atoms with Crippen LogP contribution in [0.3, 0.4) is 0 Å². The van der Waals surface area contributed by atoms with Crippen LogP contribution in [0, 0.1) is 5.82 Å². The van der Waals surface area contributed by atoms with Gasteiger partial charge in [0.25, 0.3) is 0 Å². The Kier molecular flexibility index (Phi) is 5.12. The second-order valence-electron chi connectivity index (χ2n) is 4.72. The molecule has 0 amide bonds. The lowest BCUT2D eigenvalue weighted by atomic mass is 10.1. The van der Waals surface area contributed by atoms with Crippen LogP contribution >= 0.6 is 11.6 Å². The van der Waals surface area contributed by atoms with Crippen LogP contribution in [0.1, 0.15) is 30.2 Å². The lowest BCUT2D eigenvalue weighted by Crippen LogP contribution is -2.24. The van der Waals surface area contributed by atoms with Gasteiger partial charge in [0.2, 0.25) is 0 Å². The normalized spacial score (nSPS) is 14.0. The summed E-state index contributed by atoms with van der Waals surface area (Å²) in [6.07, 6.45) is -0.674. The predicted molar refractivity (Wildman–Crippen MR) is 79.2 cm³/mol. The minimum absolute atomic E-state index is 0.0211. The van der Waals surface area contributed by atoms with Gasteiger partial charge in [-0.1, -0.05) is 41.9 Å². The van der Waals surface area contributed by atoms with Crippen molar-refractivity contribution in [2.75, 3.05) is 6.54 Å². The number of aliphatic hydroxyl groups is 1. The van der Waals surface area contributed by atoms with Gasteiger partial charge in [-0.25, -0.2) is 4.39 Å². The summed E-state index contributed by atoms with van der Waals surface area (Å²) >= 11 is 6.04. The second-order valence-corrected chi connectivity index (χ2v) is 5.13. The van der Waals surface area contributed by atoms with Gasteiger partial charge in [0.1, 0.15) is 5.82 Å². The largest absolute Gasteiger partial charge is 0.387 e. The van der Waals surface area contributed by atoms with E-state index in [1.807, 2.05) is 19.1 Å². The Morgan fingerprint density at radius 1 is 1.15 bits per heavy atom. The standard InChI is InChI=1S/C16H17ClFNO/c1-11(12-6-8-13(18)9-7-12)19-10-16(20)14-4-2-3-5-15(14)17/h2-9,11,16,19-20H,10H2,1H3/t11-,16?/m0/s1. The van der Waals surface area contributed by atoms with E-state index in [9.17, 15) is 9.50 Å². The lowest BCUT2D eigenvalue weighted by Gasteiger charge is -2.18. The molecule has 106 valence electrons. The number of benzene rings is 2. The minimum Gasteiger partial charge on any atom is -0.387 e. The van der Waals surface area contributed by atoms with Gasteiger partial charge in [0.05, 0.1) is 6.10 Å². The topological polar surface area (TPSA) is 32.3 Å². The summed E-state index contributed by atoms with van der Waals surface area (Å²) in [6, 6.07) is 13.6. The summed E-state index contributed by atoms with van der Waals surface area (Å²) < 4.78 is 12.9. The maximum atomic E-state index is 12.9. The Hall–Kier alpha value is -1.42. The zero-order valence-corrected chi connectivity index (χ0v) is 11.9. The zero-order chi connectivity index (χ0) is 14.5. The summed E-state index contributed by atoms with van der Waals surface area (Å²) in [5.74, 6) is -0.253. The molecule has 0 fully saturated rings. The smallest absolute Gasteiger partial charge is 0.123 e. The molecule has 0 radical (unpaired) electrons. The molecule has 4 heteroatoms. The van der Waals surface area contributed by atoms with Crippen molar-refractivity contribution in [2.24, 2.45) is 0 Å². The third-order valence-corrected chi connectivity index (χ3v) is 3.60. The van der Waals surface area contributed by atoms with Crippen molar-refractivity contribution in [3.8, 4) is 0 Å². The molecule has 0 aliphatic heterocycles. The van der Waals surface area contributed by atoms with Crippen LogP contribution < -0.4 is 5.32 Å². The van der Waals surface area contributed by atoms with Gasteiger partial charge in [-0.15, -0.1) is 0 Å². The average molecular weight is 294 g/mol. The molecule has 0 saturated heterocycles. The first-order valence-corrected chi connectivity index (χ1v) is 6.87. The van der Waals surface area contributed by atoms with E-state index in [-0.39, 0.29) is 11.9 Å². The number of hydrogen-bond donors (Lipinski definition) is 2. The van der Waals surface area contributed by atoms with E-state index < -0.39 is 6.10 Å². The molecule has 0 saturated carbocycles. The van der Waals surface area contributed by atoms with Crippen molar-refractivity contribution in [2.45, 2.75) is 19.1 Å². The van der Waals surface area contributed by atoms with E-state index in [4.69, 9.17) is 11.6 Å². The molecule has 2 aromatic carbocycles. The summed E-state index contributed by atoms with van der Waals surface area (Å²) in [6.45, 7) is 2.34. The highest BCUT2D eigenvalue weighted by Gasteiger charge is 2.13. The molecular formula is C16H17ClFNO. The Morgan fingerprint density at radius 2 is 1.80 bits per heavy atom. The third-order valence-electron chi connectivity index (χ3n) is 3.25. The molecule has 2 N–H and O–H groups in total. The number of aliphatic hydroxyl groups excluding tert-OH is 1.